The van der Waals surface area contributed by atoms with Crippen molar-refractivity contribution in [3.8, 4) is 0 Å². The lowest BCUT2D eigenvalue weighted by Crippen LogP contribution is -2.48. The second-order valence-electron chi connectivity index (χ2n) is 6.60. The van der Waals surface area contributed by atoms with Crippen molar-refractivity contribution in [2.45, 2.75) is 31.2 Å². The fourth-order valence-electron chi connectivity index (χ4n) is 3.47. The van der Waals surface area contributed by atoms with Crippen molar-refractivity contribution < 1.29 is 0 Å². The van der Waals surface area contributed by atoms with E-state index in [1.807, 2.05) is 18.6 Å². The number of fused-ring (bicyclic) bond motifs is 1. The molecule has 1 aromatic carbocycles. The van der Waals surface area contributed by atoms with Crippen molar-refractivity contribution in [1.29, 1.82) is 0 Å². The molecule has 2 N–H and O–H groups in total. The molecule has 1 fully saturated rings. The minimum absolute atomic E-state index is 0. The van der Waals surface area contributed by atoms with Gasteiger partial charge in [-0.1, -0.05) is 36.8 Å². The number of nitrogens with one attached hydrogen (secondary N) is 2. The van der Waals surface area contributed by atoms with E-state index in [0.29, 0.717) is 6.54 Å². The molecular weight excluding hydrogens is 457 g/mol. The lowest BCUT2D eigenvalue weighted by Gasteiger charge is -2.43. The van der Waals surface area contributed by atoms with Gasteiger partial charge in [-0.05, 0) is 18.4 Å². The summed E-state index contributed by atoms with van der Waals surface area (Å²) in [6, 6.07) is 10.8. The van der Waals surface area contributed by atoms with E-state index in [1.165, 1.54) is 24.8 Å². The Morgan fingerprint density at radius 2 is 2.08 bits per heavy atom. The van der Waals surface area contributed by atoms with E-state index in [0.717, 1.165) is 23.2 Å². The first-order valence-corrected chi connectivity index (χ1v) is 9.58. The van der Waals surface area contributed by atoms with Gasteiger partial charge in [0, 0.05) is 36.8 Å². The SMILES string of the molecule is CN=C(NCc1cn2ccsc2n1)NCC1(c2ccccc2)CCC1.I. The summed E-state index contributed by atoms with van der Waals surface area (Å²) in [5.74, 6) is 0.832. The summed E-state index contributed by atoms with van der Waals surface area (Å²) in [6.07, 6.45) is 7.86. The average molecular weight is 481 g/mol. The Bertz CT molecular complexity index is 838. The number of aromatic nitrogens is 2. The zero-order valence-corrected chi connectivity index (χ0v) is 18.0. The predicted molar refractivity (Wildman–Crippen MR) is 119 cm³/mol. The minimum Gasteiger partial charge on any atom is -0.356 e. The topological polar surface area (TPSA) is 53.7 Å². The Labute approximate surface area is 175 Å². The van der Waals surface area contributed by atoms with Crippen molar-refractivity contribution in [1.82, 2.24) is 20.0 Å². The van der Waals surface area contributed by atoms with Crippen LogP contribution in [0.5, 0.6) is 0 Å². The number of benzene rings is 1. The maximum atomic E-state index is 4.60. The van der Waals surface area contributed by atoms with Crippen LogP contribution in [0.1, 0.15) is 30.5 Å². The van der Waals surface area contributed by atoms with Gasteiger partial charge in [-0.2, -0.15) is 0 Å². The summed E-state index contributed by atoms with van der Waals surface area (Å²) in [7, 11) is 1.82. The predicted octanol–water partition coefficient (Wildman–Crippen LogP) is 3.80. The Morgan fingerprint density at radius 3 is 2.73 bits per heavy atom. The van der Waals surface area contributed by atoms with Crippen LogP contribution in [-0.4, -0.2) is 28.9 Å². The zero-order chi connectivity index (χ0) is 17.1. The molecule has 138 valence electrons. The van der Waals surface area contributed by atoms with E-state index in [1.54, 1.807) is 11.3 Å². The molecule has 0 saturated heterocycles. The molecule has 0 unspecified atom stereocenters. The maximum absolute atomic E-state index is 4.60. The van der Waals surface area contributed by atoms with Gasteiger partial charge in [0.1, 0.15) is 0 Å². The van der Waals surface area contributed by atoms with Gasteiger partial charge in [0.15, 0.2) is 10.9 Å². The van der Waals surface area contributed by atoms with Gasteiger partial charge in [0.2, 0.25) is 0 Å². The molecule has 1 aliphatic carbocycles. The first-order valence-electron chi connectivity index (χ1n) is 8.70. The van der Waals surface area contributed by atoms with Crippen molar-refractivity contribution in [2.24, 2.45) is 4.99 Å². The summed E-state index contributed by atoms with van der Waals surface area (Å²) < 4.78 is 2.05. The second-order valence-corrected chi connectivity index (χ2v) is 7.48. The molecule has 4 rings (SSSR count). The van der Waals surface area contributed by atoms with Crippen molar-refractivity contribution >= 4 is 46.2 Å². The van der Waals surface area contributed by atoms with Crippen LogP contribution < -0.4 is 10.6 Å². The highest BCUT2D eigenvalue weighted by atomic mass is 127. The molecule has 26 heavy (non-hydrogen) atoms. The van der Waals surface area contributed by atoms with Crippen LogP contribution in [0, 0.1) is 0 Å². The molecule has 0 atom stereocenters. The molecule has 1 aliphatic rings. The maximum Gasteiger partial charge on any atom is 0.193 e. The molecule has 5 nitrogen and oxygen atoms in total. The number of aliphatic imine (C=N–C) groups is 1. The number of thiazole rings is 1. The number of hydrogen-bond donors (Lipinski definition) is 2. The van der Waals surface area contributed by atoms with Crippen LogP contribution in [0.15, 0.2) is 53.1 Å². The number of guanidine groups is 1. The molecule has 0 bridgehead atoms. The first kappa shape index (κ1) is 19.2. The number of imidazole rings is 1. The molecule has 0 spiro atoms. The van der Waals surface area contributed by atoms with Crippen LogP contribution >= 0.6 is 35.3 Å². The summed E-state index contributed by atoms with van der Waals surface area (Å²) >= 11 is 1.65. The number of halogens is 1. The Morgan fingerprint density at radius 1 is 1.27 bits per heavy atom. The molecule has 1 saturated carbocycles. The highest BCUT2D eigenvalue weighted by Crippen LogP contribution is 2.43. The highest BCUT2D eigenvalue weighted by molar-refractivity contribution is 14.0. The fourth-order valence-corrected chi connectivity index (χ4v) is 4.19. The van der Waals surface area contributed by atoms with Gasteiger partial charge in [-0.15, -0.1) is 35.3 Å². The van der Waals surface area contributed by atoms with Gasteiger partial charge in [-0.3, -0.25) is 9.39 Å². The largest absolute Gasteiger partial charge is 0.356 e. The van der Waals surface area contributed by atoms with Crippen LogP contribution in [0.4, 0.5) is 0 Å². The quantitative estimate of drug-likeness (QED) is 0.331. The van der Waals surface area contributed by atoms with E-state index >= 15 is 0 Å². The summed E-state index contributed by atoms with van der Waals surface area (Å²) in [5, 5.41) is 8.94. The molecule has 3 aromatic rings. The Kier molecular flexibility index (Phi) is 6.18. The van der Waals surface area contributed by atoms with E-state index in [2.05, 4.69) is 61.5 Å². The standard InChI is InChI=1S/C19H23N5S.HI/c1-20-17(21-12-16-13-24-10-11-25-18(24)23-16)22-14-19(8-5-9-19)15-6-3-2-4-7-15;/h2-4,6-7,10-11,13H,5,8-9,12,14H2,1H3,(H2,20,21,22);1H. The Balaban J connectivity index is 0.00000196. The van der Waals surface area contributed by atoms with Crippen LogP contribution in [0.3, 0.4) is 0 Å². The van der Waals surface area contributed by atoms with E-state index < -0.39 is 0 Å². The molecular formula is C19H24IN5S. The van der Waals surface area contributed by atoms with Crippen molar-refractivity contribution in [2.75, 3.05) is 13.6 Å². The van der Waals surface area contributed by atoms with E-state index in [4.69, 9.17) is 0 Å². The van der Waals surface area contributed by atoms with Gasteiger partial charge >= 0.3 is 0 Å². The van der Waals surface area contributed by atoms with E-state index in [-0.39, 0.29) is 29.4 Å². The normalized spacial score (nSPS) is 16.0. The minimum atomic E-state index is 0. The number of nitrogens with zero attached hydrogens (tertiary/aromatic N) is 3. The van der Waals surface area contributed by atoms with Gasteiger partial charge in [0.25, 0.3) is 0 Å². The van der Waals surface area contributed by atoms with Crippen molar-refractivity contribution in [3.63, 3.8) is 0 Å². The monoisotopic (exact) mass is 481 g/mol. The van der Waals surface area contributed by atoms with Crippen LogP contribution in [-0.2, 0) is 12.0 Å². The van der Waals surface area contributed by atoms with Crippen LogP contribution in [0.2, 0.25) is 0 Å². The van der Waals surface area contributed by atoms with Crippen LogP contribution in [0.25, 0.3) is 4.96 Å². The van der Waals surface area contributed by atoms with Gasteiger partial charge in [0.05, 0.1) is 12.2 Å². The first-order chi connectivity index (χ1) is 12.3. The zero-order valence-electron chi connectivity index (χ0n) is 14.8. The second kappa shape index (κ2) is 8.39. The Hall–Kier alpha value is -1.61. The summed E-state index contributed by atoms with van der Waals surface area (Å²) in [6.45, 7) is 1.58. The lowest BCUT2D eigenvalue weighted by molar-refractivity contribution is 0.244. The fraction of sp³-hybridized carbons (Fsp3) is 0.368. The third kappa shape index (κ3) is 3.88. The van der Waals surface area contributed by atoms with Crippen molar-refractivity contribution in [3.05, 3.63) is 59.4 Å². The molecule has 2 aromatic heterocycles. The van der Waals surface area contributed by atoms with Gasteiger partial charge in [-0.25, -0.2) is 4.98 Å². The van der Waals surface area contributed by atoms with E-state index in [9.17, 15) is 0 Å². The smallest absolute Gasteiger partial charge is 0.193 e. The third-order valence-corrected chi connectivity index (χ3v) is 5.87. The number of rotatable bonds is 5. The molecule has 0 radical (unpaired) electrons. The highest BCUT2D eigenvalue weighted by Gasteiger charge is 2.38. The summed E-state index contributed by atoms with van der Waals surface area (Å²) in [5.41, 5.74) is 2.70. The average Bonchev–Trinajstić information content (AvgIpc) is 3.19. The lowest BCUT2D eigenvalue weighted by atomic mass is 9.64. The number of hydrogen-bond acceptors (Lipinski definition) is 3. The third-order valence-electron chi connectivity index (χ3n) is 5.09. The van der Waals surface area contributed by atoms with Gasteiger partial charge < -0.3 is 10.6 Å². The molecule has 7 heteroatoms. The molecule has 0 amide bonds. The summed E-state index contributed by atoms with van der Waals surface area (Å²) in [4.78, 5) is 9.99. The molecule has 0 aliphatic heterocycles. The molecule has 2 heterocycles.